The minimum Gasteiger partial charge on any atom is -0.492 e. The fourth-order valence-corrected chi connectivity index (χ4v) is 3.37. The van der Waals surface area contributed by atoms with Crippen LogP contribution < -0.4 is 10.5 Å². The van der Waals surface area contributed by atoms with E-state index < -0.39 is 5.54 Å². The summed E-state index contributed by atoms with van der Waals surface area (Å²) in [7, 11) is 0. The molecule has 118 valence electrons. The van der Waals surface area contributed by atoms with Gasteiger partial charge in [-0.25, -0.2) is 0 Å². The maximum absolute atomic E-state index is 6.32. The number of aryl methyl sites for hydroxylation is 1. The average molecular weight is 366 g/mol. The first-order valence-corrected chi connectivity index (χ1v) is 8.37. The molecule has 0 atom stereocenters. The first-order valence-electron chi connectivity index (χ1n) is 7.58. The third-order valence-electron chi connectivity index (χ3n) is 4.07. The van der Waals surface area contributed by atoms with E-state index in [0.717, 1.165) is 35.9 Å². The predicted molar refractivity (Wildman–Crippen MR) is 86.7 cm³/mol. The Bertz CT molecular complexity index is 651. The highest BCUT2D eigenvalue weighted by molar-refractivity contribution is 9.10. The van der Waals surface area contributed by atoms with Crippen LogP contribution in [0.3, 0.4) is 0 Å². The summed E-state index contributed by atoms with van der Waals surface area (Å²) in [6, 6.07) is 5.99. The summed E-state index contributed by atoms with van der Waals surface area (Å²) >= 11 is 3.50. The monoisotopic (exact) mass is 365 g/mol. The van der Waals surface area contributed by atoms with Gasteiger partial charge in [0.05, 0.1) is 23.0 Å². The van der Waals surface area contributed by atoms with Crippen molar-refractivity contribution in [1.82, 2.24) is 10.1 Å². The van der Waals surface area contributed by atoms with Gasteiger partial charge in [-0.2, -0.15) is 4.98 Å². The Balaban J connectivity index is 1.57. The van der Waals surface area contributed by atoms with Crippen LogP contribution in [-0.4, -0.2) is 16.7 Å². The summed E-state index contributed by atoms with van der Waals surface area (Å²) in [5, 5.41) is 4.05. The minimum absolute atomic E-state index is 0.400. The van der Waals surface area contributed by atoms with E-state index in [0.29, 0.717) is 24.7 Å². The molecule has 2 aromatic rings. The van der Waals surface area contributed by atoms with Crippen LogP contribution in [-0.2, 0) is 12.0 Å². The van der Waals surface area contributed by atoms with Crippen LogP contribution in [0.2, 0.25) is 0 Å². The van der Waals surface area contributed by atoms with E-state index in [1.165, 1.54) is 5.56 Å². The highest BCUT2D eigenvalue weighted by Gasteiger charge is 2.35. The molecule has 0 unspecified atom stereocenters. The molecule has 0 aliphatic heterocycles. The Morgan fingerprint density at radius 1 is 1.36 bits per heavy atom. The Kier molecular flexibility index (Phi) is 4.49. The van der Waals surface area contributed by atoms with Gasteiger partial charge in [0.2, 0.25) is 5.89 Å². The summed E-state index contributed by atoms with van der Waals surface area (Å²) in [5.74, 6) is 2.03. The number of halogens is 1. The van der Waals surface area contributed by atoms with E-state index >= 15 is 0 Å². The predicted octanol–water partition coefficient (Wildman–Crippen LogP) is 3.49. The number of hydrogen-bond acceptors (Lipinski definition) is 5. The largest absolute Gasteiger partial charge is 0.492 e. The quantitative estimate of drug-likeness (QED) is 0.877. The van der Waals surface area contributed by atoms with Crippen molar-refractivity contribution in [3.05, 3.63) is 40.0 Å². The van der Waals surface area contributed by atoms with E-state index in [9.17, 15) is 0 Å². The van der Waals surface area contributed by atoms with Gasteiger partial charge in [0.1, 0.15) is 5.75 Å². The minimum atomic E-state index is -0.400. The molecule has 1 aromatic carbocycles. The summed E-state index contributed by atoms with van der Waals surface area (Å²) in [6.45, 7) is 2.53. The lowest BCUT2D eigenvalue weighted by Crippen LogP contribution is -2.34. The number of ether oxygens (including phenoxy) is 1. The van der Waals surface area contributed by atoms with Crippen molar-refractivity contribution in [3.63, 3.8) is 0 Å². The lowest BCUT2D eigenvalue weighted by Gasteiger charge is -2.17. The number of benzene rings is 1. The zero-order valence-corrected chi connectivity index (χ0v) is 14.2. The van der Waals surface area contributed by atoms with Crippen molar-refractivity contribution in [2.75, 3.05) is 6.61 Å². The molecule has 22 heavy (non-hydrogen) atoms. The van der Waals surface area contributed by atoms with E-state index in [1.807, 2.05) is 25.1 Å². The van der Waals surface area contributed by atoms with Crippen molar-refractivity contribution >= 4 is 15.9 Å². The molecule has 1 aliphatic carbocycles. The van der Waals surface area contributed by atoms with E-state index in [1.54, 1.807) is 0 Å². The summed E-state index contributed by atoms with van der Waals surface area (Å²) in [4.78, 5) is 4.44. The van der Waals surface area contributed by atoms with Crippen LogP contribution in [0.4, 0.5) is 0 Å². The molecule has 5 nitrogen and oxygen atoms in total. The normalized spacial score (nSPS) is 16.9. The SMILES string of the molecule is Cc1ccc(OCCc2nc(C3(N)CCCC3)no2)c(Br)c1. The molecule has 0 amide bonds. The molecule has 0 saturated heterocycles. The van der Waals surface area contributed by atoms with Gasteiger partial charge in [-0.1, -0.05) is 24.1 Å². The fraction of sp³-hybridized carbons (Fsp3) is 0.500. The first kappa shape index (κ1) is 15.5. The van der Waals surface area contributed by atoms with Gasteiger partial charge in [-0.3, -0.25) is 0 Å². The van der Waals surface area contributed by atoms with Gasteiger partial charge in [0.25, 0.3) is 0 Å². The summed E-state index contributed by atoms with van der Waals surface area (Å²) < 4.78 is 12.0. The van der Waals surface area contributed by atoms with E-state index in [-0.39, 0.29) is 0 Å². The van der Waals surface area contributed by atoms with Gasteiger partial charge in [-0.15, -0.1) is 0 Å². The lowest BCUT2D eigenvalue weighted by molar-refractivity contribution is 0.288. The number of aromatic nitrogens is 2. The highest BCUT2D eigenvalue weighted by atomic mass is 79.9. The molecule has 1 aliphatic rings. The van der Waals surface area contributed by atoms with Crippen molar-refractivity contribution in [2.45, 2.75) is 44.6 Å². The molecular formula is C16H20BrN3O2. The van der Waals surface area contributed by atoms with Gasteiger partial charge in [-0.05, 0) is 53.4 Å². The number of nitrogens with zero attached hydrogens (tertiary/aromatic N) is 2. The number of hydrogen-bond donors (Lipinski definition) is 1. The molecule has 1 aromatic heterocycles. The van der Waals surface area contributed by atoms with Crippen LogP contribution in [0.25, 0.3) is 0 Å². The maximum Gasteiger partial charge on any atom is 0.230 e. The molecule has 2 N–H and O–H groups in total. The molecular weight excluding hydrogens is 346 g/mol. The van der Waals surface area contributed by atoms with Crippen LogP contribution in [0.15, 0.2) is 27.2 Å². The second kappa shape index (κ2) is 6.38. The van der Waals surface area contributed by atoms with E-state index in [2.05, 4.69) is 26.1 Å². The Hall–Kier alpha value is -1.40. The third-order valence-corrected chi connectivity index (χ3v) is 4.69. The Morgan fingerprint density at radius 2 is 2.14 bits per heavy atom. The molecule has 1 heterocycles. The first-order chi connectivity index (χ1) is 10.6. The van der Waals surface area contributed by atoms with E-state index in [4.69, 9.17) is 15.0 Å². The van der Waals surface area contributed by atoms with Crippen LogP contribution in [0.1, 0.15) is 43.0 Å². The zero-order chi connectivity index (χ0) is 15.6. The molecule has 1 fully saturated rings. The van der Waals surface area contributed by atoms with Crippen molar-refractivity contribution in [1.29, 1.82) is 0 Å². The van der Waals surface area contributed by atoms with Gasteiger partial charge < -0.3 is 15.0 Å². The number of nitrogens with two attached hydrogens (primary N) is 1. The number of rotatable bonds is 5. The molecule has 0 spiro atoms. The molecule has 0 radical (unpaired) electrons. The van der Waals surface area contributed by atoms with Crippen molar-refractivity contribution in [3.8, 4) is 5.75 Å². The average Bonchev–Trinajstić information content (AvgIpc) is 3.11. The second-order valence-corrected chi connectivity index (χ2v) is 6.76. The zero-order valence-electron chi connectivity index (χ0n) is 12.6. The van der Waals surface area contributed by atoms with Crippen LogP contribution in [0.5, 0.6) is 5.75 Å². The highest BCUT2D eigenvalue weighted by Crippen LogP contribution is 2.34. The fourth-order valence-electron chi connectivity index (χ4n) is 2.76. The molecule has 1 saturated carbocycles. The topological polar surface area (TPSA) is 74.2 Å². The molecule has 0 bridgehead atoms. The Labute approximate surface area is 138 Å². The van der Waals surface area contributed by atoms with Crippen LogP contribution in [0, 0.1) is 6.92 Å². The third kappa shape index (κ3) is 3.33. The lowest BCUT2D eigenvalue weighted by atomic mass is 9.99. The van der Waals surface area contributed by atoms with Gasteiger partial charge >= 0.3 is 0 Å². The Morgan fingerprint density at radius 3 is 2.86 bits per heavy atom. The molecule has 3 rings (SSSR count). The van der Waals surface area contributed by atoms with Crippen LogP contribution >= 0.6 is 15.9 Å². The second-order valence-electron chi connectivity index (χ2n) is 5.91. The van der Waals surface area contributed by atoms with Crippen molar-refractivity contribution in [2.24, 2.45) is 5.73 Å². The van der Waals surface area contributed by atoms with Crippen molar-refractivity contribution < 1.29 is 9.26 Å². The summed E-state index contributed by atoms with van der Waals surface area (Å²) in [6.07, 6.45) is 4.69. The maximum atomic E-state index is 6.32. The summed E-state index contributed by atoms with van der Waals surface area (Å²) in [5.41, 5.74) is 7.11. The smallest absolute Gasteiger partial charge is 0.230 e. The van der Waals surface area contributed by atoms with Gasteiger partial charge in [0, 0.05) is 0 Å². The standard InChI is InChI=1S/C16H20BrN3O2/c1-11-4-5-13(12(17)10-11)21-9-6-14-19-15(20-22-14)16(18)7-2-3-8-16/h4-5,10H,2-3,6-9,18H2,1H3. The van der Waals surface area contributed by atoms with Gasteiger partial charge in [0.15, 0.2) is 5.82 Å². The molecule has 6 heteroatoms.